The number of benzene rings is 1. The van der Waals surface area contributed by atoms with E-state index < -0.39 is 6.04 Å². The number of halogens is 1. The first-order valence-electron chi connectivity index (χ1n) is 6.56. The van der Waals surface area contributed by atoms with Gasteiger partial charge in [0.1, 0.15) is 6.04 Å². The Labute approximate surface area is 131 Å². The van der Waals surface area contributed by atoms with Crippen molar-refractivity contribution < 1.29 is 4.79 Å². The second-order valence-corrected chi connectivity index (χ2v) is 4.91. The molecule has 0 aliphatic heterocycles. The highest BCUT2D eigenvalue weighted by Gasteiger charge is 2.20. The van der Waals surface area contributed by atoms with Crippen molar-refractivity contribution in [2.24, 2.45) is 7.05 Å². The number of rotatable bonds is 4. The summed E-state index contributed by atoms with van der Waals surface area (Å²) in [5.41, 5.74) is 3.93. The Kier molecular flexibility index (Phi) is 5.93. The van der Waals surface area contributed by atoms with Crippen LogP contribution in [0.15, 0.2) is 30.6 Å². The largest absolute Gasteiger partial charge is 0.324 e. The van der Waals surface area contributed by atoms with E-state index in [0.717, 1.165) is 22.4 Å². The smallest absolute Gasteiger partial charge is 0.246 e. The predicted molar refractivity (Wildman–Crippen MR) is 86.8 cm³/mol. The molecule has 6 heteroatoms. The van der Waals surface area contributed by atoms with Crippen LogP contribution in [0.2, 0.25) is 0 Å². The maximum absolute atomic E-state index is 12.4. The van der Waals surface area contributed by atoms with Gasteiger partial charge in [-0.1, -0.05) is 12.1 Å². The molecule has 0 aliphatic rings. The van der Waals surface area contributed by atoms with E-state index in [9.17, 15) is 4.79 Å². The standard InChI is InChI=1S/C15H20N4O.ClH/c1-10-6-5-7-13(11(10)2)18-15(20)14(16-3)12-8-17-19(4)9-12;/h5-9,14,16H,1-4H3,(H,18,20);1H. The lowest BCUT2D eigenvalue weighted by Crippen LogP contribution is -2.30. The fourth-order valence-electron chi connectivity index (χ4n) is 2.13. The van der Waals surface area contributed by atoms with Crippen LogP contribution in [0.1, 0.15) is 22.7 Å². The zero-order valence-corrected chi connectivity index (χ0v) is 13.5. The maximum Gasteiger partial charge on any atom is 0.246 e. The van der Waals surface area contributed by atoms with Gasteiger partial charge < -0.3 is 10.6 Å². The monoisotopic (exact) mass is 308 g/mol. The molecule has 2 rings (SSSR count). The number of aromatic nitrogens is 2. The van der Waals surface area contributed by atoms with Gasteiger partial charge in [0.05, 0.1) is 6.20 Å². The van der Waals surface area contributed by atoms with E-state index in [0.29, 0.717) is 0 Å². The molecular weight excluding hydrogens is 288 g/mol. The molecule has 1 amide bonds. The lowest BCUT2D eigenvalue weighted by molar-refractivity contribution is -0.118. The Bertz CT molecular complexity index is 624. The summed E-state index contributed by atoms with van der Waals surface area (Å²) < 4.78 is 1.69. The highest BCUT2D eigenvalue weighted by atomic mass is 35.5. The molecule has 114 valence electrons. The molecule has 1 aromatic heterocycles. The highest BCUT2D eigenvalue weighted by Crippen LogP contribution is 2.20. The first-order valence-corrected chi connectivity index (χ1v) is 6.56. The molecule has 0 fully saturated rings. The summed E-state index contributed by atoms with van der Waals surface area (Å²) in [4.78, 5) is 12.4. The second kappa shape index (κ2) is 7.24. The SMILES string of the molecule is CNC(C(=O)Nc1cccc(C)c1C)c1cnn(C)c1.Cl. The molecule has 1 aromatic carbocycles. The van der Waals surface area contributed by atoms with Crippen molar-refractivity contribution in [3.05, 3.63) is 47.3 Å². The number of aryl methyl sites for hydroxylation is 2. The Morgan fingerprint density at radius 3 is 2.62 bits per heavy atom. The zero-order chi connectivity index (χ0) is 14.7. The molecule has 5 nitrogen and oxygen atoms in total. The van der Waals surface area contributed by atoms with E-state index >= 15 is 0 Å². The first-order chi connectivity index (χ1) is 9.52. The van der Waals surface area contributed by atoms with Crippen LogP contribution in [0, 0.1) is 13.8 Å². The molecule has 1 heterocycles. The summed E-state index contributed by atoms with van der Waals surface area (Å²) in [6.07, 6.45) is 3.54. The number of nitrogens with zero attached hydrogens (tertiary/aromatic N) is 2. The second-order valence-electron chi connectivity index (χ2n) is 4.91. The fourth-order valence-corrected chi connectivity index (χ4v) is 2.13. The number of hydrogen-bond donors (Lipinski definition) is 2. The van der Waals surface area contributed by atoms with Crippen molar-refractivity contribution in [2.75, 3.05) is 12.4 Å². The zero-order valence-electron chi connectivity index (χ0n) is 12.7. The van der Waals surface area contributed by atoms with Crippen LogP contribution in [-0.4, -0.2) is 22.7 Å². The molecule has 0 bridgehead atoms. The van der Waals surface area contributed by atoms with Crippen molar-refractivity contribution in [2.45, 2.75) is 19.9 Å². The van der Waals surface area contributed by atoms with E-state index in [1.165, 1.54) is 0 Å². The third kappa shape index (κ3) is 3.83. The number of amides is 1. The molecule has 1 unspecified atom stereocenters. The van der Waals surface area contributed by atoms with Crippen LogP contribution in [-0.2, 0) is 11.8 Å². The number of nitrogens with one attached hydrogen (secondary N) is 2. The van der Waals surface area contributed by atoms with Gasteiger partial charge in [-0.2, -0.15) is 5.10 Å². The van der Waals surface area contributed by atoms with E-state index in [1.807, 2.05) is 45.3 Å². The predicted octanol–water partition coefficient (Wildman–Crippen LogP) is 2.36. The first kappa shape index (κ1) is 17.2. The summed E-state index contributed by atoms with van der Waals surface area (Å²) in [5.74, 6) is -0.0887. The molecule has 21 heavy (non-hydrogen) atoms. The van der Waals surface area contributed by atoms with Gasteiger partial charge in [-0.3, -0.25) is 9.48 Å². The molecule has 0 saturated carbocycles. The summed E-state index contributed by atoms with van der Waals surface area (Å²) in [6.45, 7) is 4.03. The fraction of sp³-hybridized carbons (Fsp3) is 0.333. The van der Waals surface area contributed by atoms with Crippen LogP contribution in [0.5, 0.6) is 0 Å². The number of likely N-dealkylation sites (N-methyl/N-ethyl adjacent to an activating group) is 1. The molecule has 0 saturated heterocycles. The van der Waals surface area contributed by atoms with Crippen LogP contribution < -0.4 is 10.6 Å². The maximum atomic E-state index is 12.4. The van der Waals surface area contributed by atoms with Crippen LogP contribution in [0.25, 0.3) is 0 Å². The average molecular weight is 309 g/mol. The van der Waals surface area contributed by atoms with Crippen molar-refractivity contribution in [3.63, 3.8) is 0 Å². The van der Waals surface area contributed by atoms with Crippen molar-refractivity contribution in [1.29, 1.82) is 0 Å². The minimum absolute atomic E-state index is 0. The van der Waals surface area contributed by atoms with Gasteiger partial charge in [-0.25, -0.2) is 0 Å². The number of carbonyl (C=O) groups is 1. The van der Waals surface area contributed by atoms with Crippen molar-refractivity contribution in [1.82, 2.24) is 15.1 Å². The van der Waals surface area contributed by atoms with Crippen LogP contribution in [0.3, 0.4) is 0 Å². The lowest BCUT2D eigenvalue weighted by atomic mass is 10.1. The number of carbonyl (C=O) groups excluding carboxylic acids is 1. The summed E-state index contributed by atoms with van der Waals surface area (Å²) >= 11 is 0. The normalized spacial score (nSPS) is 11.6. The van der Waals surface area contributed by atoms with Crippen LogP contribution in [0.4, 0.5) is 5.69 Å². The van der Waals surface area contributed by atoms with Gasteiger partial charge in [0.25, 0.3) is 0 Å². The number of hydrogen-bond acceptors (Lipinski definition) is 3. The summed E-state index contributed by atoms with van der Waals surface area (Å²) in [6, 6.07) is 5.47. The van der Waals surface area contributed by atoms with E-state index in [1.54, 1.807) is 17.9 Å². The van der Waals surface area contributed by atoms with Gasteiger partial charge >= 0.3 is 0 Å². The Balaban J connectivity index is 0.00000220. The Morgan fingerprint density at radius 2 is 2.05 bits per heavy atom. The summed E-state index contributed by atoms with van der Waals surface area (Å²) in [7, 11) is 3.60. The molecule has 2 aromatic rings. The minimum atomic E-state index is -0.413. The third-order valence-electron chi connectivity index (χ3n) is 3.47. The highest BCUT2D eigenvalue weighted by molar-refractivity contribution is 5.96. The van der Waals surface area contributed by atoms with Gasteiger partial charge in [0, 0.05) is 24.5 Å². The molecule has 0 spiro atoms. The molecule has 0 radical (unpaired) electrons. The van der Waals surface area contributed by atoms with Gasteiger partial charge in [-0.15, -0.1) is 12.4 Å². The van der Waals surface area contributed by atoms with E-state index in [2.05, 4.69) is 15.7 Å². The van der Waals surface area contributed by atoms with E-state index in [4.69, 9.17) is 0 Å². The molecule has 1 atom stereocenters. The minimum Gasteiger partial charge on any atom is -0.324 e. The molecule has 0 aliphatic carbocycles. The average Bonchev–Trinajstić information content (AvgIpc) is 2.82. The van der Waals surface area contributed by atoms with Gasteiger partial charge in [-0.05, 0) is 38.1 Å². The Hall–Kier alpha value is -1.85. The lowest BCUT2D eigenvalue weighted by Gasteiger charge is -2.16. The van der Waals surface area contributed by atoms with Crippen molar-refractivity contribution >= 4 is 24.0 Å². The van der Waals surface area contributed by atoms with Gasteiger partial charge in [0.2, 0.25) is 5.91 Å². The molecule has 2 N–H and O–H groups in total. The number of anilines is 1. The van der Waals surface area contributed by atoms with Crippen molar-refractivity contribution in [3.8, 4) is 0 Å². The Morgan fingerprint density at radius 1 is 1.33 bits per heavy atom. The topological polar surface area (TPSA) is 59.0 Å². The van der Waals surface area contributed by atoms with E-state index in [-0.39, 0.29) is 18.3 Å². The third-order valence-corrected chi connectivity index (χ3v) is 3.47. The molecular formula is C15H21ClN4O. The van der Waals surface area contributed by atoms with Gasteiger partial charge in [0.15, 0.2) is 0 Å². The van der Waals surface area contributed by atoms with Crippen LogP contribution >= 0.6 is 12.4 Å². The quantitative estimate of drug-likeness (QED) is 0.911. The summed E-state index contributed by atoms with van der Waals surface area (Å²) in [5, 5.41) is 10.1.